The number of imidazole rings is 1. The van der Waals surface area contributed by atoms with Gasteiger partial charge in [-0.3, -0.25) is 0 Å². The van der Waals surface area contributed by atoms with Crippen molar-refractivity contribution in [3.8, 4) is 11.3 Å². The van der Waals surface area contributed by atoms with Crippen molar-refractivity contribution in [3.05, 3.63) is 41.3 Å². The van der Waals surface area contributed by atoms with Crippen LogP contribution in [-0.2, 0) is 12.8 Å². The van der Waals surface area contributed by atoms with E-state index in [1.54, 1.807) is 5.56 Å². The van der Waals surface area contributed by atoms with Crippen LogP contribution in [0.4, 0.5) is 0 Å². The largest absolute Gasteiger partial charge is 0.342 e. The maximum absolute atomic E-state index is 4.59. The van der Waals surface area contributed by atoms with Crippen molar-refractivity contribution >= 4 is 0 Å². The normalized spacial score (nSPS) is 21.9. The van der Waals surface area contributed by atoms with Crippen molar-refractivity contribution < 1.29 is 0 Å². The monoisotopic (exact) mass is 267 g/mol. The molecule has 1 aliphatic carbocycles. The molecular formula is C17H21N3. The van der Waals surface area contributed by atoms with Gasteiger partial charge in [-0.25, -0.2) is 4.98 Å². The standard InChI is InChI=1S/C17H21N3/c1-2-4-13-9-14(6-5-12(13)3-1)16-11-19-17(20-16)15-7-8-18-10-15/h5-6,9,11,15,18H,1-4,7-8,10H2,(H,19,20). The van der Waals surface area contributed by atoms with Crippen LogP contribution in [0.5, 0.6) is 0 Å². The van der Waals surface area contributed by atoms with Gasteiger partial charge in [0.25, 0.3) is 0 Å². The van der Waals surface area contributed by atoms with E-state index in [0.717, 1.165) is 18.9 Å². The summed E-state index contributed by atoms with van der Waals surface area (Å²) in [6.45, 7) is 2.16. The molecule has 1 saturated heterocycles. The highest BCUT2D eigenvalue weighted by molar-refractivity contribution is 5.61. The van der Waals surface area contributed by atoms with Crippen molar-refractivity contribution in [3.63, 3.8) is 0 Å². The topological polar surface area (TPSA) is 40.7 Å². The fourth-order valence-electron chi connectivity index (χ4n) is 3.48. The van der Waals surface area contributed by atoms with Crippen molar-refractivity contribution in [1.82, 2.24) is 15.3 Å². The Hall–Kier alpha value is -1.61. The molecule has 1 aromatic carbocycles. The van der Waals surface area contributed by atoms with E-state index in [1.807, 2.05) is 6.20 Å². The number of nitrogens with zero attached hydrogens (tertiary/aromatic N) is 1. The maximum atomic E-state index is 4.59. The number of aryl methyl sites for hydroxylation is 2. The Kier molecular flexibility index (Phi) is 3.07. The Morgan fingerprint density at radius 1 is 1.10 bits per heavy atom. The van der Waals surface area contributed by atoms with E-state index in [2.05, 4.69) is 33.5 Å². The minimum atomic E-state index is 0.557. The molecule has 2 aliphatic rings. The lowest BCUT2D eigenvalue weighted by molar-refractivity contribution is 0.686. The molecular weight excluding hydrogens is 246 g/mol. The van der Waals surface area contributed by atoms with Crippen LogP contribution in [0.2, 0.25) is 0 Å². The highest BCUT2D eigenvalue weighted by atomic mass is 15.0. The molecule has 0 saturated carbocycles. The molecule has 0 radical (unpaired) electrons. The number of aromatic amines is 1. The summed E-state index contributed by atoms with van der Waals surface area (Å²) in [5, 5.41) is 3.40. The lowest BCUT2D eigenvalue weighted by Crippen LogP contribution is -2.08. The first-order valence-electron chi connectivity index (χ1n) is 7.78. The third-order valence-corrected chi connectivity index (χ3v) is 4.70. The molecule has 104 valence electrons. The van der Waals surface area contributed by atoms with E-state index in [9.17, 15) is 0 Å². The Bertz CT molecular complexity index is 608. The Balaban J connectivity index is 1.63. The molecule has 1 unspecified atom stereocenters. The summed E-state index contributed by atoms with van der Waals surface area (Å²) in [6.07, 6.45) is 8.34. The molecule has 1 fully saturated rings. The average Bonchev–Trinajstić information content (AvgIpc) is 3.17. The minimum Gasteiger partial charge on any atom is -0.342 e. The molecule has 2 heterocycles. The Morgan fingerprint density at radius 2 is 2.00 bits per heavy atom. The van der Waals surface area contributed by atoms with E-state index >= 15 is 0 Å². The fourth-order valence-corrected chi connectivity index (χ4v) is 3.48. The zero-order valence-corrected chi connectivity index (χ0v) is 11.8. The maximum Gasteiger partial charge on any atom is 0.110 e. The van der Waals surface area contributed by atoms with E-state index in [-0.39, 0.29) is 0 Å². The van der Waals surface area contributed by atoms with Crippen molar-refractivity contribution in [2.45, 2.75) is 38.0 Å². The summed E-state index contributed by atoms with van der Waals surface area (Å²) < 4.78 is 0. The molecule has 1 aliphatic heterocycles. The molecule has 2 N–H and O–H groups in total. The van der Waals surface area contributed by atoms with Gasteiger partial charge in [0.2, 0.25) is 0 Å². The number of hydrogen-bond donors (Lipinski definition) is 2. The van der Waals surface area contributed by atoms with E-state index in [1.165, 1.54) is 48.9 Å². The number of nitrogens with one attached hydrogen (secondary N) is 2. The highest BCUT2D eigenvalue weighted by Gasteiger charge is 2.20. The Morgan fingerprint density at radius 3 is 2.85 bits per heavy atom. The van der Waals surface area contributed by atoms with Gasteiger partial charge in [-0.15, -0.1) is 0 Å². The van der Waals surface area contributed by atoms with E-state index in [4.69, 9.17) is 0 Å². The molecule has 2 aromatic rings. The zero-order valence-electron chi connectivity index (χ0n) is 11.8. The summed E-state index contributed by atoms with van der Waals surface area (Å²) in [4.78, 5) is 8.12. The summed E-state index contributed by atoms with van der Waals surface area (Å²) in [7, 11) is 0. The van der Waals surface area contributed by atoms with Gasteiger partial charge >= 0.3 is 0 Å². The van der Waals surface area contributed by atoms with Crippen LogP contribution < -0.4 is 5.32 Å². The number of rotatable bonds is 2. The average molecular weight is 267 g/mol. The van der Waals surface area contributed by atoms with Crippen LogP contribution in [0.3, 0.4) is 0 Å². The number of benzene rings is 1. The van der Waals surface area contributed by atoms with Crippen molar-refractivity contribution in [1.29, 1.82) is 0 Å². The van der Waals surface area contributed by atoms with Crippen molar-refractivity contribution in [2.75, 3.05) is 13.1 Å². The molecule has 1 aromatic heterocycles. The highest BCUT2D eigenvalue weighted by Crippen LogP contribution is 2.28. The SMILES string of the molecule is c1cc2c(cc1-c1cnc(C3CCNC3)[nH]1)CCCC2. The second kappa shape index (κ2) is 5.06. The second-order valence-corrected chi connectivity index (χ2v) is 6.06. The Labute approximate surface area is 119 Å². The van der Waals surface area contributed by atoms with Crippen LogP contribution in [0.15, 0.2) is 24.4 Å². The van der Waals surface area contributed by atoms with Gasteiger partial charge in [0.1, 0.15) is 5.82 Å². The van der Waals surface area contributed by atoms with Gasteiger partial charge in [-0.1, -0.05) is 12.1 Å². The first-order valence-corrected chi connectivity index (χ1v) is 7.78. The quantitative estimate of drug-likeness (QED) is 0.878. The van der Waals surface area contributed by atoms with Crippen LogP contribution in [-0.4, -0.2) is 23.1 Å². The van der Waals surface area contributed by atoms with Gasteiger partial charge < -0.3 is 10.3 Å². The molecule has 4 rings (SSSR count). The smallest absolute Gasteiger partial charge is 0.110 e. The summed E-state index contributed by atoms with van der Waals surface area (Å²) >= 11 is 0. The fraction of sp³-hybridized carbons (Fsp3) is 0.471. The molecule has 0 spiro atoms. The van der Waals surface area contributed by atoms with Crippen LogP contribution in [0, 0.1) is 0 Å². The predicted molar refractivity (Wildman–Crippen MR) is 80.9 cm³/mol. The van der Waals surface area contributed by atoms with Crippen LogP contribution >= 0.6 is 0 Å². The third-order valence-electron chi connectivity index (χ3n) is 4.70. The van der Waals surface area contributed by atoms with Gasteiger partial charge in [0, 0.05) is 12.5 Å². The zero-order chi connectivity index (χ0) is 13.4. The summed E-state index contributed by atoms with van der Waals surface area (Å²) in [5.41, 5.74) is 5.53. The van der Waals surface area contributed by atoms with Gasteiger partial charge in [-0.2, -0.15) is 0 Å². The van der Waals surface area contributed by atoms with E-state index < -0.39 is 0 Å². The summed E-state index contributed by atoms with van der Waals surface area (Å²) in [5.74, 6) is 1.70. The van der Waals surface area contributed by atoms with Crippen molar-refractivity contribution in [2.24, 2.45) is 0 Å². The lowest BCUT2D eigenvalue weighted by Gasteiger charge is -2.16. The molecule has 0 amide bonds. The molecule has 20 heavy (non-hydrogen) atoms. The number of fused-ring (bicyclic) bond motifs is 1. The molecule has 3 heteroatoms. The lowest BCUT2D eigenvalue weighted by atomic mass is 9.90. The van der Waals surface area contributed by atoms with Gasteiger partial charge in [0.05, 0.1) is 11.9 Å². The molecule has 3 nitrogen and oxygen atoms in total. The third kappa shape index (κ3) is 2.16. The predicted octanol–water partition coefficient (Wildman–Crippen LogP) is 3.03. The van der Waals surface area contributed by atoms with E-state index in [0.29, 0.717) is 5.92 Å². The molecule has 0 bridgehead atoms. The number of aromatic nitrogens is 2. The number of H-pyrrole nitrogens is 1. The number of hydrogen-bond acceptors (Lipinski definition) is 2. The van der Waals surface area contributed by atoms with Gasteiger partial charge in [-0.05, 0) is 61.4 Å². The van der Waals surface area contributed by atoms with Crippen LogP contribution in [0.1, 0.15) is 42.1 Å². The van der Waals surface area contributed by atoms with Gasteiger partial charge in [0.15, 0.2) is 0 Å². The first kappa shape index (κ1) is 12.2. The molecule has 1 atom stereocenters. The first-order chi connectivity index (χ1) is 9.90. The minimum absolute atomic E-state index is 0.557. The van der Waals surface area contributed by atoms with Crippen LogP contribution in [0.25, 0.3) is 11.3 Å². The second-order valence-electron chi connectivity index (χ2n) is 6.06. The summed E-state index contributed by atoms with van der Waals surface area (Å²) in [6, 6.07) is 6.91.